The Kier molecular flexibility index (Phi) is 4.19. The molecule has 3 rings (SSSR count). The minimum absolute atomic E-state index is 0.114. The van der Waals surface area contributed by atoms with Crippen LogP contribution in [0.2, 0.25) is 0 Å². The Bertz CT molecular complexity index is 611. The summed E-state index contributed by atoms with van der Waals surface area (Å²) in [6.45, 7) is 2.99. The molecule has 4 nitrogen and oxygen atoms in total. The second-order valence-electron chi connectivity index (χ2n) is 6.05. The Morgan fingerprint density at radius 3 is 2.95 bits per heavy atom. The monoisotopic (exact) mass is 285 g/mol. The molecule has 0 spiro atoms. The Morgan fingerprint density at radius 2 is 2.10 bits per heavy atom. The summed E-state index contributed by atoms with van der Waals surface area (Å²) < 4.78 is 0. The molecule has 0 amide bonds. The standard InChI is InChI=1S/C17H23N3O/c1-19-9-4-10-20(2)16(12-19)17(21)14-6-3-5-13-7-8-18-11-15(13)14/h3,5-8,11,16-17,21H,4,9-10,12H2,1-2H3. The fourth-order valence-corrected chi connectivity index (χ4v) is 3.25. The van der Waals surface area contributed by atoms with Crippen molar-refractivity contribution in [1.82, 2.24) is 14.8 Å². The van der Waals surface area contributed by atoms with Gasteiger partial charge in [-0.2, -0.15) is 0 Å². The van der Waals surface area contributed by atoms with E-state index in [-0.39, 0.29) is 6.04 Å². The van der Waals surface area contributed by atoms with Crippen molar-refractivity contribution in [3.05, 3.63) is 42.2 Å². The summed E-state index contributed by atoms with van der Waals surface area (Å²) in [7, 11) is 4.24. The normalized spacial score (nSPS) is 23.1. The van der Waals surface area contributed by atoms with Crippen molar-refractivity contribution in [2.75, 3.05) is 33.7 Å². The van der Waals surface area contributed by atoms with Crippen LogP contribution in [-0.2, 0) is 0 Å². The van der Waals surface area contributed by atoms with E-state index < -0.39 is 6.10 Å². The Balaban J connectivity index is 1.97. The molecule has 1 saturated heterocycles. The number of pyridine rings is 1. The number of hydrogen-bond donors (Lipinski definition) is 1. The van der Waals surface area contributed by atoms with Crippen LogP contribution in [0.25, 0.3) is 10.8 Å². The molecule has 0 saturated carbocycles. The second kappa shape index (κ2) is 6.10. The molecule has 1 aromatic heterocycles. The summed E-state index contributed by atoms with van der Waals surface area (Å²) in [6.07, 6.45) is 4.30. The predicted molar refractivity (Wildman–Crippen MR) is 85.2 cm³/mol. The number of benzene rings is 1. The highest BCUT2D eigenvalue weighted by molar-refractivity contribution is 5.85. The van der Waals surface area contributed by atoms with Crippen molar-refractivity contribution < 1.29 is 5.11 Å². The van der Waals surface area contributed by atoms with E-state index in [1.807, 2.05) is 24.4 Å². The number of likely N-dealkylation sites (N-methyl/N-ethyl adjacent to an activating group) is 2. The van der Waals surface area contributed by atoms with Crippen molar-refractivity contribution >= 4 is 10.8 Å². The van der Waals surface area contributed by atoms with Gasteiger partial charge in [0, 0.05) is 24.3 Å². The van der Waals surface area contributed by atoms with Crippen LogP contribution in [-0.4, -0.2) is 59.7 Å². The Morgan fingerprint density at radius 1 is 1.24 bits per heavy atom. The molecule has 0 bridgehead atoms. The quantitative estimate of drug-likeness (QED) is 0.915. The van der Waals surface area contributed by atoms with E-state index in [0.29, 0.717) is 0 Å². The zero-order valence-corrected chi connectivity index (χ0v) is 12.7. The fraction of sp³-hybridized carbons (Fsp3) is 0.471. The number of fused-ring (bicyclic) bond motifs is 1. The van der Waals surface area contributed by atoms with Crippen LogP contribution in [0.3, 0.4) is 0 Å². The van der Waals surface area contributed by atoms with Gasteiger partial charge in [0.1, 0.15) is 0 Å². The molecule has 2 atom stereocenters. The summed E-state index contributed by atoms with van der Waals surface area (Å²) in [5, 5.41) is 13.1. The van der Waals surface area contributed by atoms with Gasteiger partial charge in [0.05, 0.1) is 12.1 Å². The molecule has 1 N–H and O–H groups in total. The third kappa shape index (κ3) is 2.93. The fourth-order valence-electron chi connectivity index (χ4n) is 3.25. The molecule has 2 heterocycles. The Labute approximate surface area is 126 Å². The summed E-state index contributed by atoms with van der Waals surface area (Å²) in [5.41, 5.74) is 0.979. The maximum absolute atomic E-state index is 11.0. The SMILES string of the molecule is CN1CCCN(C)C(C(O)c2cccc3ccncc23)C1. The van der Waals surface area contributed by atoms with E-state index in [2.05, 4.69) is 34.9 Å². The smallest absolute Gasteiger partial charge is 0.0964 e. The summed E-state index contributed by atoms with van der Waals surface area (Å²) in [6, 6.07) is 8.21. The number of aliphatic hydroxyl groups is 1. The van der Waals surface area contributed by atoms with Gasteiger partial charge in [0.25, 0.3) is 0 Å². The topological polar surface area (TPSA) is 39.6 Å². The summed E-state index contributed by atoms with van der Waals surface area (Å²) in [4.78, 5) is 8.81. The van der Waals surface area contributed by atoms with Gasteiger partial charge in [-0.05, 0) is 50.6 Å². The molecule has 112 valence electrons. The van der Waals surface area contributed by atoms with E-state index >= 15 is 0 Å². The van der Waals surface area contributed by atoms with Gasteiger partial charge in [-0.3, -0.25) is 9.88 Å². The van der Waals surface area contributed by atoms with Gasteiger partial charge in [0.2, 0.25) is 0 Å². The van der Waals surface area contributed by atoms with Crippen molar-refractivity contribution in [3.8, 4) is 0 Å². The number of hydrogen-bond acceptors (Lipinski definition) is 4. The van der Waals surface area contributed by atoms with E-state index in [9.17, 15) is 5.11 Å². The van der Waals surface area contributed by atoms with Crippen LogP contribution in [0.1, 0.15) is 18.1 Å². The third-order valence-corrected chi connectivity index (χ3v) is 4.52. The predicted octanol–water partition coefficient (Wildman–Crippen LogP) is 1.90. The van der Waals surface area contributed by atoms with Crippen molar-refractivity contribution in [2.45, 2.75) is 18.6 Å². The van der Waals surface area contributed by atoms with Gasteiger partial charge in [-0.15, -0.1) is 0 Å². The average Bonchev–Trinajstić information content (AvgIpc) is 2.67. The third-order valence-electron chi connectivity index (χ3n) is 4.52. The largest absolute Gasteiger partial charge is 0.387 e. The molecule has 1 aliphatic rings. The van der Waals surface area contributed by atoms with Gasteiger partial charge in [-0.1, -0.05) is 18.2 Å². The van der Waals surface area contributed by atoms with E-state index in [4.69, 9.17) is 0 Å². The maximum atomic E-state index is 11.0. The highest BCUT2D eigenvalue weighted by Gasteiger charge is 2.29. The first kappa shape index (κ1) is 14.4. The minimum atomic E-state index is -0.497. The van der Waals surface area contributed by atoms with E-state index in [1.54, 1.807) is 6.20 Å². The summed E-state index contributed by atoms with van der Waals surface area (Å²) in [5.74, 6) is 0. The molecule has 2 unspecified atom stereocenters. The van der Waals surface area contributed by atoms with Crippen LogP contribution in [0.15, 0.2) is 36.7 Å². The molecule has 0 radical (unpaired) electrons. The lowest BCUT2D eigenvalue weighted by Gasteiger charge is -2.32. The molecule has 21 heavy (non-hydrogen) atoms. The van der Waals surface area contributed by atoms with E-state index in [0.717, 1.165) is 42.4 Å². The zero-order chi connectivity index (χ0) is 14.8. The van der Waals surface area contributed by atoms with Crippen molar-refractivity contribution in [3.63, 3.8) is 0 Å². The second-order valence-corrected chi connectivity index (χ2v) is 6.05. The number of rotatable bonds is 2. The van der Waals surface area contributed by atoms with Gasteiger partial charge < -0.3 is 10.0 Å². The highest BCUT2D eigenvalue weighted by Crippen LogP contribution is 2.28. The molecule has 1 aromatic carbocycles. The first-order chi connectivity index (χ1) is 10.2. The first-order valence-electron chi connectivity index (χ1n) is 7.56. The van der Waals surface area contributed by atoms with Crippen LogP contribution < -0.4 is 0 Å². The van der Waals surface area contributed by atoms with Gasteiger partial charge >= 0.3 is 0 Å². The van der Waals surface area contributed by atoms with E-state index in [1.165, 1.54) is 0 Å². The average molecular weight is 285 g/mol. The molecule has 0 aliphatic carbocycles. The first-order valence-corrected chi connectivity index (χ1v) is 7.56. The van der Waals surface area contributed by atoms with Crippen LogP contribution in [0.5, 0.6) is 0 Å². The minimum Gasteiger partial charge on any atom is -0.387 e. The molecule has 1 fully saturated rings. The molecule has 2 aromatic rings. The maximum Gasteiger partial charge on any atom is 0.0964 e. The lowest BCUT2D eigenvalue weighted by Crippen LogP contribution is -2.42. The van der Waals surface area contributed by atoms with Gasteiger partial charge in [-0.25, -0.2) is 0 Å². The molecule has 1 aliphatic heterocycles. The number of aliphatic hydroxyl groups excluding tert-OH is 1. The highest BCUT2D eigenvalue weighted by atomic mass is 16.3. The summed E-state index contributed by atoms with van der Waals surface area (Å²) >= 11 is 0. The van der Waals surface area contributed by atoms with Crippen molar-refractivity contribution in [2.24, 2.45) is 0 Å². The number of nitrogens with zero attached hydrogens (tertiary/aromatic N) is 3. The molecular formula is C17H23N3O. The molecular weight excluding hydrogens is 262 g/mol. The zero-order valence-electron chi connectivity index (χ0n) is 12.7. The van der Waals surface area contributed by atoms with Crippen LogP contribution in [0, 0.1) is 0 Å². The number of aromatic nitrogens is 1. The van der Waals surface area contributed by atoms with Crippen LogP contribution in [0.4, 0.5) is 0 Å². The lowest BCUT2D eigenvalue weighted by molar-refractivity contribution is 0.0582. The van der Waals surface area contributed by atoms with Crippen LogP contribution >= 0.6 is 0 Å². The molecule has 4 heteroatoms. The Hall–Kier alpha value is -1.49. The van der Waals surface area contributed by atoms with Crippen molar-refractivity contribution in [1.29, 1.82) is 0 Å². The van der Waals surface area contributed by atoms with Gasteiger partial charge in [0.15, 0.2) is 0 Å². The lowest BCUT2D eigenvalue weighted by atomic mass is 9.96.